The van der Waals surface area contributed by atoms with Gasteiger partial charge in [-0.25, -0.2) is 0 Å². The van der Waals surface area contributed by atoms with E-state index in [-0.39, 0.29) is 0 Å². The summed E-state index contributed by atoms with van der Waals surface area (Å²) in [6, 6.07) is 10.3. The fraction of sp³-hybridized carbons (Fsp3) is 0.125. The van der Waals surface area contributed by atoms with Gasteiger partial charge in [0.1, 0.15) is 5.69 Å². The molecule has 0 bridgehead atoms. The van der Waals surface area contributed by atoms with Gasteiger partial charge in [0.05, 0.1) is 17.0 Å². The zero-order chi connectivity index (χ0) is 14.8. The average molecular weight is 361 g/mol. The zero-order valence-corrected chi connectivity index (χ0v) is 13.8. The summed E-state index contributed by atoms with van der Waals surface area (Å²) in [7, 11) is 0. The lowest BCUT2D eigenvalue weighted by Crippen LogP contribution is -2.00. The molecule has 0 saturated carbocycles. The number of aldehydes is 1. The van der Waals surface area contributed by atoms with Crippen LogP contribution in [0.5, 0.6) is 0 Å². The van der Waals surface area contributed by atoms with Gasteiger partial charge in [0.2, 0.25) is 0 Å². The number of carbonyl (C=O) groups excluding carboxylic acids is 1. The van der Waals surface area contributed by atoms with Crippen LogP contribution in [0, 0.1) is 6.92 Å². The molecule has 0 aliphatic rings. The third kappa shape index (κ3) is 3.14. The maximum absolute atomic E-state index is 11.3. The van der Waals surface area contributed by atoms with Gasteiger partial charge in [-0.05, 0) is 34.5 Å². The molecule has 21 heavy (non-hydrogen) atoms. The van der Waals surface area contributed by atoms with Gasteiger partial charge in [-0.3, -0.25) is 9.48 Å². The Hall–Kier alpha value is -1.72. The van der Waals surface area contributed by atoms with Gasteiger partial charge in [-0.2, -0.15) is 5.10 Å². The molecule has 0 spiro atoms. The van der Waals surface area contributed by atoms with E-state index in [0.29, 0.717) is 12.1 Å². The van der Waals surface area contributed by atoms with Crippen LogP contribution < -0.4 is 0 Å². The van der Waals surface area contributed by atoms with Crippen molar-refractivity contribution in [3.63, 3.8) is 0 Å². The molecular formula is C16H13BrN2OS. The minimum Gasteiger partial charge on any atom is -0.298 e. The Kier molecular flexibility index (Phi) is 4.03. The van der Waals surface area contributed by atoms with Crippen molar-refractivity contribution in [3.8, 4) is 10.6 Å². The molecule has 2 aromatic heterocycles. The lowest BCUT2D eigenvalue weighted by molar-refractivity contribution is 0.112. The number of halogens is 1. The molecule has 0 fully saturated rings. The first-order valence-electron chi connectivity index (χ1n) is 6.48. The molecule has 3 aromatic rings. The Balaban J connectivity index is 1.94. The molecule has 0 atom stereocenters. The summed E-state index contributed by atoms with van der Waals surface area (Å²) in [6.45, 7) is 2.73. The molecule has 0 saturated heterocycles. The molecule has 0 amide bonds. The maximum atomic E-state index is 11.3. The quantitative estimate of drug-likeness (QED) is 0.640. The van der Waals surface area contributed by atoms with Crippen LogP contribution in [0.4, 0.5) is 0 Å². The molecule has 106 valence electrons. The van der Waals surface area contributed by atoms with Crippen molar-refractivity contribution in [2.45, 2.75) is 13.5 Å². The fourth-order valence-electron chi connectivity index (χ4n) is 2.23. The lowest BCUT2D eigenvalue weighted by Gasteiger charge is -2.02. The molecule has 5 heteroatoms. The number of thiophene rings is 1. The summed E-state index contributed by atoms with van der Waals surface area (Å²) in [6.07, 6.45) is 2.67. The molecule has 0 unspecified atom stereocenters. The van der Waals surface area contributed by atoms with E-state index < -0.39 is 0 Å². The molecule has 2 heterocycles. The maximum Gasteiger partial charge on any atom is 0.153 e. The Labute approximate surface area is 135 Å². The molecule has 0 aliphatic heterocycles. The molecular weight excluding hydrogens is 348 g/mol. The summed E-state index contributed by atoms with van der Waals surface area (Å²) in [5, 5.41) is 6.55. The largest absolute Gasteiger partial charge is 0.298 e. The summed E-state index contributed by atoms with van der Waals surface area (Å²) in [5.41, 5.74) is 3.76. The topological polar surface area (TPSA) is 34.9 Å². The van der Waals surface area contributed by atoms with Gasteiger partial charge in [-0.15, -0.1) is 11.3 Å². The Bertz CT molecular complexity index is 791. The second kappa shape index (κ2) is 5.95. The highest BCUT2D eigenvalue weighted by Crippen LogP contribution is 2.30. The number of nitrogens with zero attached hydrogens (tertiary/aromatic N) is 2. The van der Waals surface area contributed by atoms with E-state index in [4.69, 9.17) is 0 Å². The van der Waals surface area contributed by atoms with E-state index >= 15 is 0 Å². The fourth-order valence-corrected chi connectivity index (χ4v) is 3.66. The zero-order valence-electron chi connectivity index (χ0n) is 11.4. The van der Waals surface area contributed by atoms with Gasteiger partial charge in [0.25, 0.3) is 0 Å². The number of aryl methyl sites for hydroxylation is 1. The summed E-state index contributed by atoms with van der Waals surface area (Å²) < 4.78 is 2.83. The van der Waals surface area contributed by atoms with Crippen molar-refractivity contribution in [2.75, 3.05) is 0 Å². The highest BCUT2D eigenvalue weighted by atomic mass is 79.9. The van der Waals surface area contributed by atoms with Crippen molar-refractivity contribution >= 4 is 33.6 Å². The van der Waals surface area contributed by atoms with E-state index in [1.54, 1.807) is 17.5 Å². The first-order chi connectivity index (χ1) is 10.2. The normalized spacial score (nSPS) is 10.8. The van der Waals surface area contributed by atoms with E-state index in [1.165, 1.54) is 11.1 Å². The van der Waals surface area contributed by atoms with Crippen LogP contribution in [-0.4, -0.2) is 16.1 Å². The minimum absolute atomic E-state index is 0.622. The van der Waals surface area contributed by atoms with Gasteiger partial charge < -0.3 is 0 Å². The third-order valence-electron chi connectivity index (χ3n) is 3.14. The summed E-state index contributed by atoms with van der Waals surface area (Å²) in [4.78, 5) is 12.3. The van der Waals surface area contributed by atoms with Gasteiger partial charge >= 0.3 is 0 Å². The standard InChI is InChI=1S/C16H13BrN2OS/c1-11-3-2-4-12(5-11)7-19-8-13(9-20)16(18-19)15-6-14(17)10-21-15/h2-6,8-10H,7H2,1H3. The van der Waals surface area contributed by atoms with Crippen LogP contribution in [0.15, 0.2) is 46.4 Å². The monoisotopic (exact) mass is 360 g/mol. The molecule has 3 nitrogen and oxygen atoms in total. The highest BCUT2D eigenvalue weighted by molar-refractivity contribution is 9.10. The van der Waals surface area contributed by atoms with Gasteiger partial charge in [0.15, 0.2) is 6.29 Å². The summed E-state index contributed by atoms with van der Waals surface area (Å²) in [5.74, 6) is 0. The van der Waals surface area contributed by atoms with Crippen molar-refractivity contribution in [3.05, 3.63) is 63.1 Å². The molecule has 3 rings (SSSR count). The van der Waals surface area contributed by atoms with Gasteiger partial charge in [0, 0.05) is 16.0 Å². The second-order valence-corrected chi connectivity index (χ2v) is 6.69. The van der Waals surface area contributed by atoms with Crippen LogP contribution in [0.2, 0.25) is 0 Å². The number of carbonyl (C=O) groups is 1. The predicted molar refractivity (Wildman–Crippen MR) is 88.9 cm³/mol. The van der Waals surface area contributed by atoms with E-state index in [1.807, 2.05) is 22.2 Å². The van der Waals surface area contributed by atoms with Crippen LogP contribution in [0.1, 0.15) is 21.5 Å². The van der Waals surface area contributed by atoms with Crippen LogP contribution in [0.3, 0.4) is 0 Å². The first kappa shape index (κ1) is 14.2. The van der Waals surface area contributed by atoms with Crippen molar-refractivity contribution in [1.82, 2.24) is 9.78 Å². The predicted octanol–water partition coefficient (Wildman–Crippen LogP) is 4.54. The summed E-state index contributed by atoms with van der Waals surface area (Å²) >= 11 is 5.00. The van der Waals surface area contributed by atoms with E-state index in [9.17, 15) is 4.79 Å². The highest BCUT2D eigenvalue weighted by Gasteiger charge is 2.12. The molecule has 0 aliphatic carbocycles. The Morgan fingerprint density at radius 2 is 2.24 bits per heavy atom. The van der Waals surface area contributed by atoms with Gasteiger partial charge in [-0.1, -0.05) is 29.8 Å². The Morgan fingerprint density at radius 3 is 2.90 bits per heavy atom. The number of hydrogen-bond donors (Lipinski definition) is 0. The SMILES string of the molecule is Cc1cccc(Cn2cc(C=O)c(-c3cc(Br)cs3)n2)c1. The van der Waals surface area contributed by atoms with Crippen molar-refractivity contribution in [1.29, 1.82) is 0 Å². The number of rotatable bonds is 4. The molecule has 1 aromatic carbocycles. The Morgan fingerprint density at radius 1 is 1.38 bits per heavy atom. The minimum atomic E-state index is 0.622. The van der Waals surface area contributed by atoms with Crippen LogP contribution in [-0.2, 0) is 6.54 Å². The third-order valence-corrected chi connectivity index (χ3v) is 4.84. The average Bonchev–Trinajstić information content (AvgIpc) is 3.05. The van der Waals surface area contributed by atoms with Crippen molar-refractivity contribution < 1.29 is 4.79 Å². The smallest absolute Gasteiger partial charge is 0.153 e. The molecule has 0 N–H and O–H groups in total. The van der Waals surface area contributed by atoms with Crippen molar-refractivity contribution in [2.24, 2.45) is 0 Å². The van der Waals surface area contributed by atoms with Crippen LogP contribution in [0.25, 0.3) is 10.6 Å². The number of hydrogen-bond acceptors (Lipinski definition) is 3. The number of benzene rings is 1. The second-order valence-electron chi connectivity index (χ2n) is 4.87. The number of aromatic nitrogens is 2. The van der Waals surface area contributed by atoms with E-state index in [2.05, 4.69) is 46.2 Å². The van der Waals surface area contributed by atoms with Crippen LogP contribution >= 0.6 is 27.3 Å². The van der Waals surface area contributed by atoms with E-state index in [0.717, 1.165) is 21.3 Å². The molecule has 0 radical (unpaired) electrons. The first-order valence-corrected chi connectivity index (χ1v) is 8.15. The lowest BCUT2D eigenvalue weighted by atomic mass is 10.1.